The zero-order valence-electron chi connectivity index (χ0n) is 20.0. The third kappa shape index (κ3) is 6.28. The summed E-state index contributed by atoms with van der Waals surface area (Å²) in [5.74, 6) is -2.12. The van der Waals surface area contributed by atoms with Gasteiger partial charge in [0.15, 0.2) is 0 Å². The lowest BCUT2D eigenvalue weighted by Gasteiger charge is -2.28. The Bertz CT molecular complexity index is 1270. The molecule has 1 aliphatic carbocycles. The SMILES string of the molecule is CNCC(NC(=O)c1ccc(-c2nc(C3CCC(O)C(F)C3)cnc2N)cc1F)c1cc(F)cc(Br)c1. The van der Waals surface area contributed by atoms with Crippen LogP contribution in [0.1, 0.15) is 52.8 Å². The van der Waals surface area contributed by atoms with Gasteiger partial charge < -0.3 is 21.5 Å². The number of alkyl halides is 1. The molecule has 3 aromatic rings. The second-order valence-electron chi connectivity index (χ2n) is 9.10. The van der Waals surface area contributed by atoms with E-state index in [1.807, 2.05) is 0 Å². The van der Waals surface area contributed by atoms with Crippen LogP contribution >= 0.6 is 15.9 Å². The van der Waals surface area contributed by atoms with Gasteiger partial charge in [-0.2, -0.15) is 0 Å². The van der Waals surface area contributed by atoms with E-state index in [9.17, 15) is 18.7 Å². The second-order valence-corrected chi connectivity index (χ2v) is 10.0. The molecule has 37 heavy (non-hydrogen) atoms. The Hall–Kier alpha value is -3.02. The van der Waals surface area contributed by atoms with E-state index in [1.54, 1.807) is 13.1 Å². The smallest absolute Gasteiger partial charge is 0.254 e. The lowest BCUT2D eigenvalue weighted by Crippen LogP contribution is -2.35. The number of likely N-dealkylation sites (N-methyl/N-ethyl adjacent to an activating group) is 1. The molecule has 4 unspecified atom stereocenters. The zero-order chi connectivity index (χ0) is 26.7. The second kappa shape index (κ2) is 11.6. The molecule has 11 heteroatoms. The van der Waals surface area contributed by atoms with Gasteiger partial charge >= 0.3 is 0 Å². The summed E-state index contributed by atoms with van der Waals surface area (Å²) in [4.78, 5) is 21.6. The average Bonchev–Trinajstić information content (AvgIpc) is 2.85. The molecule has 2 aromatic carbocycles. The molecule has 1 aliphatic rings. The minimum Gasteiger partial charge on any atom is -0.390 e. The number of amides is 1. The Morgan fingerprint density at radius 1 is 1.24 bits per heavy atom. The number of anilines is 1. The number of nitrogen functional groups attached to an aromatic ring is 1. The maximum absolute atomic E-state index is 15.1. The van der Waals surface area contributed by atoms with Crippen LogP contribution in [0.4, 0.5) is 19.0 Å². The monoisotopic (exact) mass is 577 g/mol. The zero-order valence-corrected chi connectivity index (χ0v) is 21.6. The number of aliphatic hydroxyl groups is 1. The molecule has 4 rings (SSSR count). The Morgan fingerprint density at radius 2 is 2.03 bits per heavy atom. The fourth-order valence-corrected chi connectivity index (χ4v) is 4.99. The van der Waals surface area contributed by atoms with E-state index >= 15 is 4.39 Å². The molecule has 7 nitrogen and oxygen atoms in total. The van der Waals surface area contributed by atoms with Crippen molar-refractivity contribution in [1.29, 1.82) is 0 Å². The highest BCUT2D eigenvalue weighted by atomic mass is 79.9. The maximum atomic E-state index is 15.1. The summed E-state index contributed by atoms with van der Waals surface area (Å²) in [6, 6.07) is 7.65. The van der Waals surface area contributed by atoms with Crippen LogP contribution in [0.15, 0.2) is 47.1 Å². The van der Waals surface area contributed by atoms with Gasteiger partial charge in [0.25, 0.3) is 5.91 Å². The molecule has 1 aromatic heterocycles. The van der Waals surface area contributed by atoms with Gasteiger partial charge in [0.05, 0.1) is 29.6 Å². The third-order valence-electron chi connectivity index (χ3n) is 6.46. The highest BCUT2D eigenvalue weighted by Gasteiger charge is 2.31. The van der Waals surface area contributed by atoms with E-state index in [0.29, 0.717) is 34.1 Å². The topological polar surface area (TPSA) is 113 Å². The van der Waals surface area contributed by atoms with Crippen molar-refractivity contribution in [2.75, 3.05) is 19.3 Å². The van der Waals surface area contributed by atoms with Gasteiger partial charge in [-0.1, -0.05) is 22.0 Å². The fraction of sp³-hybridized carbons (Fsp3) is 0.346. The molecule has 4 atom stereocenters. The summed E-state index contributed by atoms with van der Waals surface area (Å²) in [6.07, 6.45) is 0.105. The average molecular weight is 578 g/mol. The van der Waals surface area contributed by atoms with E-state index in [0.717, 1.165) is 6.07 Å². The van der Waals surface area contributed by atoms with E-state index in [2.05, 4.69) is 36.5 Å². The van der Waals surface area contributed by atoms with Crippen molar-refractivity contribution in [3.05, 3.63) is 75.5 Å². The summed E-state index contributed by atoms with van der Waals surface area (Å²) in [7, 11) is 1.69. The van der Waals surface area contributed by atoms with Gasteiger partial charge in [-0.15, -0.1) is 0 Å². The van der Waals surface area contributed by atoms with Crippen molar-refractivity contribution >= 4 is 27.7 Å². The number of aliphatic hydroxyl groups excluding tert-OH is 1. The van der Waals surface area contributed by atoms with Crippen molar-refractivity contribution in [2.45, 2.75) is 43.5 Å². The van der Waals surface area contributed by atoms with Crippen LogP contribution in [0.25, 0.3) is 11.3 Å². The number of nitrogens with one attached hydrogen (secondary N) is 2. The molecular weight excluding hydrogens is 551 g/mol. The molecule has 1 fully saturated rings. The molecule has 1 heterocycles. The molecule has 0 bridgehead atoms. The van der Waals surface area contributed by atoms with E-state index in [1.165, 1.54) is 30.5 Å². The van der Waals surface area contributed by atoms with E-state index in [4.69, 9.17) is 5.73 Å². The van der Waals surface area contributed by atoms with Crippen LogP contribution in [-0.2, 0) is 0 Å². The molecule has 1 amide bonds. The summed E-state index contributed by atoms with van der Waals surface area (Å²) in [6.45, 7) is 0.290. The fourth-order valence-electron chi connectivity index (χ4n) is 4.50. The number of aromatic nitrogens is 2. The van der Waals surface area contributed by atoms with Gasteiger partial charge in [0.1, 0.15) is 29.3 Å². The van der Waals surface area contributed by atoms with Gasteiger partial charge in [-0.25, -0.2) is 23.1 Å². The van der Waals surface area contributed by atoms with Gasteiger partial charge in [0.2, 0.25) is 0 Å². The maximum Gasteiger partial charge on any atom is 0.254 e. The number of benzene rings is 2. The number of nitrogens with two attached hydrogens (primary N) is 1. The summed E-state index contributed by atoms with van der Waals surface area (Å²) >= 11 is 3.24. The Kier molecular flexibility index (Phi) is 8.46. The Morgan fingerprint density at radius 3 is 2.70 bits per heavy atom. The largest absolute Gasteiger partial charge is 0.390 e. The van der Waals surface area contributed by atoms with Crippen molar-refractivity contribution in [2.24, 2.45) is 0 Å². The molecule has 1 saturated carbocycles. The van der Waals surface area contributed by atoms with Crippen LogP contribution in [0.3, 0.4) is 0 Å². The number of rotatable bonds is 7. The number of hydrogen-bond donors (Lipinski definition) is 4. The van der Waals surface area contributed by atoms with Crippen molar-refractivity contribution < 1.29 is 23.1 Å². The lowest BCUT2D eigenvalue weighted by molar-refractivity contribution is 0.0363. The number of carbonyl (C=O) groups is 1. The minimum absolute atomic E-state index is 0.0683. The van der Waals surface area contributed by atoms with E-state index in [-0.39, 0.29) is 36.0 Å². The highest BCUT2D eigenvalue weighted by molar-refractivity contribution is 9.10. The van der Waals surface area contributed by atoms with Crippen LogP contribution < -0.4 is 16.4 Å². The standard InChI is InChI=1S/C26H27BrF3N5O2/c1-32-11-21(15-6-16(27)10-17(28)7-15)35-26(37)18-4-2-14(9-19(18)29)24-25(31)33-12-22(34-24)13-3-5-23(36)20(30)8-13/h2,4,6-7,9-10,12-13,20-21,23,32,36H,3,5,8,11H2,1H3,(H2,31,33)(H,35,37). The first kappa shape index (κ1) is 27.0. The first-order chi connectivity index (χ1) is 17.7. The number of nitrogens with zero attached hydrogens (tertiary/aromatic N) is 2. The van der Waals surface area contributed by atoms with Gasteiger partial charge in [-0.05, 0) is 62.2 Å². The minimum atomic E-state index is -1.35. The molecule has 5 N–H and O–H groups in total. The number of halogens is 4. The molecule has 0 spiro atoms. The predicted molar refractivity (Wildman–Crippen MR) is 138 cm³/mol. The normalized spacial score (nSPS) is 20.4. The molecule has 0 saturated heterocycles. The first-order valence-electron chi connectivity index (χ1n) is 11.8. The molecule has 0 radical (unpaired) electrons. The molecule has 0 aliphatic heterocycles. The quantitative estimate of drug-likeness (QED) is 0.330. The van der Waals surface area contributed by atoms with Gasteiger partial charge in [-0.3, -0.25) is 4.79 Å². The van der Waals surface area contributed by atoms with Crippen LogP contribution in [-0.4, -0.2) is 46.8 Å². The Labute approximate surface area is 220 Å². The number of hydrogen-bond acceptors (Lipinski definition) is 6. The summed E-state index contributed by atoms with van der Waals surface area (Å²) in [5, 5.41) is 15.3. The van der Waals surface area contributed by atoms with Crippen molar-refractivity contribution in [3.63, 3.8) is 0 Å². The highest BCUT2D eigenvalue weighted by Crippen LogP contribution is 2.35. The first-order valence-corrected chi connectivity index (χ1v) is 12.6. The Balaban J connectivity index is 1.56. The van der Waals surface area contributed by atoms with Crippen molar-refractivity contribution in [3.8, 4) is 11.3 Å². The number of carbonyl (C=O) groups excluding carboxylic acids is 1. The van der Waals surface area contributed by atoms with Crippen LogP contribution in [0.2, 0.25) is 0 Å². The third-order valence-corrected chi connectivity index (χ3v) is 6.92. The van der Waals surface area contributed by atoms with Gasteiger partial charge in [0, 0.05) is 22.5 Å². The predicted octanol–water partition coefficient (Wildman–Crippen LogP) is 4.42. The molecule has 196 valence electrons. The lowest BCUT2D eigenvalue weighted by atomic mass is 9.84. The summed E-state index contributed by atoms with van der Waals surface area (Å²) in [5.41, 5.74) is 7.36. The summed E-state index contributed by atoms with van der Waals surface area (Å²) < 4.78 is 43.6. The molecular formula is C26H27BrF3N5O2. The van der Waals surface area contributed by atoms with E-state index < -0.39 is 35.9 Å². The van der Waals surface area contributed by atoms with Crippen LogP contribution in [0, 0.1) is 11.6 Å². The van der Waals surface area contributed by atoms with Crippen LogP contribution in [0.5, 0.6) is 0 Å². The van der Waals surface area contributed by atoms with Crippen molar-refractivity contribution in [1.82, 2.24) is 20.6 Å².